The highest BCUT2D eigenvalue weighted by Gasteiger charge is 2.33. The average Bonchev–Trinajstić information content (AvgIpc) is 2.08. The molecule has 0 aromatic heterocycles. The second-order valence-corrected chi connectivity index (χ2v) is 5.24. The number of nitrogens with two attached hydrogens (primary N) is 2. The van der Waals surface area contributed by atoms with Crippen molar-refractivity contribution >= 4 is 34.9 Å². The summed E-state index contributed by atoms with van der Waals surface area (Å²) in [6.45, 7) is 0. The molecule has 1 aromatic rings. The molecule has 1 aromatic carbocycles. The number of halogens is 6. The third-order valence-electron chi connectivity index (χ3n) is 1.59. The zero-order valence-corrected chi connectivity index (χ0v) is 10.0. The molecular formula is C8H6F6N2S2. The lowest BCUT2D eigenvalue weighted by Crippen LogP contribution is -2.05. The number of hydrogen-bond donors (Lipinski definition) is 2. The van der Waals surface area contributed by atoms with Crippen LogP contribution in [0.15, 0.2) is 21.9 Å². The summed E-state index contributed by atoms with van der Waals surface area (Å²) in [5.74, 6) is 0. The van der Waals surface area contributed by atoms with Gasteiger partial charge in [0.05, 0.1) is 0 Å². The van der Waals surface area contributed by atoms with Crippen LogP contribution in [0, 0.1) is 0 Å². The Balaban J connectivity index is 3.05. The average molecular weight is 308 g/mol. The standard InChI is InChI=1S/C8H6F6N2S2/c9-7(10,11)17-5-1-3(15)6(2-4(5)16)18-8(12,13)14/h1-2H,15-16H2. The molecule has 0 unspecified atom stereocenters. The predicted molar refractivity (Wildman–Crippen MR) is 59.1 cm³/mol. The SMILES string of the molecule is Nc1cc(SC(F)(F)F)c(N)cc1SC(F)(F)F. The first-order chi connectivity index (χ1) is 7.98. The van der Waals surface area contributed by atoms with Gasteiger partial charge in [0, 0.05) is 21.2 Å². The summed E-state index contributed by atoms with van der Waals surface area (Å²) < 4.78 is 72.6. The molecule has 0 spiro atoms. The molecule has 0 radical (unpaired) electrons. The third-order valence-corrected chi connectivity index (χ3v) is 3.20. The topological polar surface area (TPSA) is 52.0 Å². The van der Waals surface area contributed by atoms with Crippen LogP contribution in [-0.2, 0) is 0 Å². The Bertz CT molecular complexity index is 401. The summed E-state index contributed by atoms with van der Waals surface area (Å²) in [5, 5.41) is 0. The van der Waals surface area contributed by atoms with Gasteiger partial charge in [0.1, 0.15) is 0 Å². The van der Waals surface area contributed by atoms with Crippen LogP contribution in [0.3, 0.4) is 0 Å². The number of benzene rings is 1. The summed E-state index contributed by atoms with van der Waals surface area (Å²) in [7, 11) is 0. The van der Waals surface area contributed by atoms with E-state index in [-0.39, 0.29) is 0 Å². The summed E-state index contributed by atoms with van der Waals surface area (Å²) in [6.07, 6.45) is 0. The number of anilines is 2. The highest BCUT2D eigenvalue weighted by atomic mass is 32.2. The zero-order valence-electron chi connectivity index (χ0n) is 8.39. The van der Waals surface area contributed by atoms with Crippen molar-refractivity contribution in [1.82, 2.24) is 0 Å². The molecule has 4 N–H and O–H groups in total. The normalized spacial score (nSPS) is 12.8. The molecule has 2 nitrogen and oxygen atoms in total. The molecule has 0 aliphatic heterocycles. The fourth-order valence-corrected chi connectivity index (χ4v) is 2.24. The Labute approximate surface area is 106 Å². The third kappa shape index (κ3) is 4.77. The van der Waals surface area contributed by atoms with Crippen molar-refractivity contribution in [2.75, 3.05) is 11.5 Å². The van der Waals surface area contributed by atoms with Crippen LogP contribution in [0.1, 0.15) is 0 Å². The van der Waals surface area contributed by atoms with Crippen LogP contribution in [0.2, 0.25) is 0 Å². The Morgan fingerprint density at radius 2 is 1.00 bits per heavy atom. The van der Waals surface area contributed by atoms with Crippen LogP contribution >= 0.6 is 23.5 Å². The second-order valence-electron chi connectivity index (χ2n) is 3.02. The van der Waals surface area contributed by atoms with Crippen LogP contribution < -0.4 is 11.5 Å². The molecule has 102 valence electrons. The quantitative estimate of drug-likeness (QED) is 0.491. The molecule has 0 aliphatic carbocycles. The molecule has 0 saturated carbocycles. The van der Waals surface area contributed by atoms with Crippen molar-refractivity contribution in [1.29, 1.82) is 0 Å². The van der Waals surface area contributed by atoms with Crippen molar-refractivity contribution < 1.29 is 26.3 Å². The van der Waals surface area contributed by atoms with E-state index in [1.807, 2.05) is 0 Å². The number of alkyl halides is 6. The molecule has 18 heavy (non-hydrogen) atoms. The van der Waals surface area contributed by atoms with Crippen LogP contribution in [0.4, 0.5) is 37.7 Å². The van der Waals surface area contributed by atoms with Crippen molar-refractivity contribution in [2.24, 2.45) is 0 Å². The maximum atomic E-state index is 12.1. The van der Waals surface area contributed by atoms with E-state index < -0.39 is 55.7 Å². The minimum atomic E-state index is -4.58. The summed E-state index contributed by atoms with van der Waals surface area (Å²) in [6, 6.07) is 1.56. The van der Waals surface area contributed by atoms with E-state index in [9.17, 15) is 26.3 Å². The summed E-state index contributed by atoms with van der Waals surface area (Å²) >= 11 is -1.05. The van der Waals surface area contributed by atoms with Gasteiger partial charge in [-0.3, -0.25) is 0 Å². The van der Waals surface area contributed by atoms with Crippen molar-refractivity contribution in [3.8, 4) is 0 Å². The van der Waals surface area contributed by atoms with Crippen molar-refractivity contribution in [3.63, 3.8) is 0 Å². The van der Waals surface area contributed by atoms with E-state index in [0.717, 1.165) is 12.1 Å². The lowest BCUT2D eigenvalue weighted by Gasteiger charge is -2.13. The van der Waals surface area contributed by atoms with Gasteiger partial charge in [0.25, 0.3) is 0 Å². The van der Waals surface area contributed by atoms with Gasteiger partial charge in [0.15, 0.2) is 0 Å². The Kier molecular flexibility index (Phi) is 4.21. The molecule has 0 bridgehead atoms. The first-order valence-corrected chi connectivity index (χ1v) is 5.82. The number of nitrogen functional groups attached to an aromatic ring is 2. The fraction of sp³-hybridized carbons (Fsp3) is 0.250. The van der Waals surface area contributed by atoms with E-state index in [1.54, 1.807) is 0 Å². The summed E-state index contributed by atoms with van der Waals surface area (Å²) in [5.41, 5.74) is 0.542. The molecular weight excluding hydrogens is 302 g/mol. The molecule has 0 atom stereocenters. The lowest BCUT2D eigenvalue weighted by molar-refractivity contribution is -0.0337. The maximum absolute atomic E-state index is 12.1. The van der Waals surface area contributed by atoms with E-state index in [0.29, 0.717) is 0 Å². The van der Waals surface area contributed by atoms with Crippen molar-refractivity contribution in [3.05, 3.63) is 12.1 Å². The van der Waals surface area contributed by atoms with Crippen molar-refractivity contribution in [2.45, 2.75) is 20.8 Å². The van der Waals surface area contributed by atoms with Crippen LogP contribution in [0.5, 0.6) is 0 Å². The van der Waals surface area contributed by atoms with E-state index in [1.165, 1.54) is 0 Å². The van der Waals surface area contributed by atoms with Gasteiger partial charge in [-0.2, -0.15) is 26.3 Å². The monoisotopic (exact) mass is 308 g/mol. The smallest absolute Gasteiger partial charge is 0.398 e. The molecule has 0 amide bonds. The van der Waals surface area contributed by atoms with E-state index in [4.69, 9.17) is 11.5 Å². The van der Waals surface area contributed by atoms with Gasteiger partial charge in [-0.15, -0.1) is 0 Å². The highest BCUT2D eigenvalue weighted by molar-refractivity contribution is 8.00. The largest absolute Gasteiger partial charge is 0.446 e. The molecule has 0 aliphatic rings. The number of hydrogen-bond acceptors (Lipinski definition) is 4. The van der Waals surface area contributed by atoms with Crippen LogP contribution in [-0.4, -0.2) is 11.0 Å². The maximum Gasteiger partial charge on any atom is 0.446 e. The molecule has 1 rings (SSSR count). The number of rotatable bonds is 2. The second kappa shape index (κ2) is 5.00. The Morgan fingerprint density at radius 1 is 0.722 bits per heavy atom. The number of thioether (sulfide) groups is 2. The van der Waals surface area contributed by atoms with E-state index in [2.05, 4.69) is 0 Å². The van der Waals surface area contributed by atoms with Gasteiger partial charge in [0.2, 0.25) is 0 Å². The fourth-order valence-electron chi connectivity index (χ4n) is 1.02. The van der Waals surface area contributed by atoms with Gasteiger partial charge in [-0.1, -0.05) is 0 Å². The minimum Gasteiger partial charge on any atom is -0.398 e. The van der Waals surface area contributed by atoms with Gasteiger partial charge in [-0.25, -0.2) is 0 Å². The Morgan fingerprint density at radius 3 is 1.22 bits per heavy atom. The Hall–Kier alpha value is -0.900. The lowest BCUT2D eigenvalue weighted by atomic mass is 10.3. The first kappa shape index (κ1) is 15.2. The van der Waals surface area contributed by atoms with E-state index >= 15 is 0 Å². The highest BCUT2D eigenvalue weighted by Crippen LogP contribution is 2.45. The zero-order chi connectivity index (χ0) is 14.1. The predicted octanol–water partition coefficient (Wildman–Crippen LogP) is 4.07. The molecule has 0 fully saturated rings. The molecule has 0 saturated heterocycles. The van der Waals surface area contributed by atoms with Gasteiger partial charge in [-0.05, 0) is 35.7 Å². The van der Waals surface area contributed by atoms with Crippen LogP contribution in [0.25, 0.3) is 0 Å². The summed E-state index contributed by atoms with van der Waals surface area (Å²) in [4.78, 5) is -0.849. The molecule has 0 heterocycles. The van der Waals surface area contributed by atoms with Gasteiger partial charge < -0.3 is 11.5 Å². The molecule has 10 heteroatoms. The first-order valence-electron chi connectivity index (χ1n) is 4.18. The van der Waals surface area contributed by atoms with Gasteiger partial charge >= 0.3 is 11.0 Å². The minimum absolute atomic E-state index is 0.404.